The molecule has 1 saturated heterocycles. The van der Waals surface area contributed by atoms with E-state index in [4.69, 9.17) is 4.74 Å². The molecule has 0 aliphatic carbocycles. The molecule has 9 heteroatoms. The highest BCUT2D eigenvalue weighted by Crippen LogP contribution is 2.23. The van der Waals surface area contributed by atoms with Crippen LogP contribution in [0.2, 0.25) is 0 Å². The zero-order valence-corrected chi connectivity index (χ0v) is 15.9. The second kappa shape index (κ2) is 9.75. The number of hydrogen-bond acceptors (Lipinski definition) is 5. The van der Waals surface area contributed by atoms with Crippen LogP contribution in [0.5, 0.6) is 0 Å². The van der Waals surface area contributed by atoms with Crippen LogP contribution in [0.3, 0.4) is 0 Å². The van der Waals surface area contributed by atoms with Crippen molar-refractivity contribution in [3.05, 3.63) is 71.3 Å². The summed E-state index contributed by atoms with van der Waals surface area (Å²) in [7, 11) is 0. The van der Waals surface area contributed by atoms with Gasteiger partial charge in [-0.15, -0.1) is 0 Å². The van der Waals surface area contributed by atoms with Crippen LogP contribution in [-0.2, 0) is 16.1 Å². The van der Waals surface area contributed by atoms with Gasteiger partial charge in [-0.1, -0.05) is 18.2 Å². The predicted molar refractivity (Wildman–Crippen MR) is 102 cm³/mol. The van der Waals surface area contributed by atoms with Crippen molar-refractivity contribution in [1.82, 2.24) is 10.6 Å². The van der Waals surface area contributed by atoms with E-state index in [-0.39, 0.29) is 30.9 Å². The Balaban J connectivity index is 1.47. The molecule has 0 bridgehead atoms. The third-order valence-electron chi connectivity index (χ3n) is 4.80. The van der Waals surface area contributed by atoms with E-state index in [0.717, 1.165) is 6.07 Å². The van der Waals surface area contributed by atoms with Crippen molar-refractivity contribution >= 4 is 11.8 Å². The quantitative estimate of drug-likeness (QED) is 0.532. The molecule has 2 aromatic carbocycles. The SMILES string of the molecule is O=C(C[C@@H]1O[C@@H](CNC(=O)c2cccc(F)c2)[C@@H](O)[C@H]1O)NCc1ccc(F)cc1. The highest BCUT2D eigenvalue weighted by atomic mass is 19.1. The van der Waals surface area contributed by atoms with Gasteiger partial charge in [-0.05, 0) is 35.9 Å². The summed E-state index contributed by atoms with van der Waals surface area (Å²) < 4.78 is 31.6. The third kappa shape index (κ3) is 5.59. The topological polar surface area (TPSA) is 108 Å². The molecule has 0 unspecified atom stereocenters. The molecule has 30 heavy (non-hydrogen) atoms. The van der Waals surface area contributed by atoms with Gasteiger partial charge < -0.3 is 25.6 Å². The number of ether oxygens (including phenoxy) is 1. The molecule has 0 aromatic heterocycles. The summed E-state index contributed by atoms with van der Waals surface area (Å²) in [6.45, 7) is 0.0544. The number of hydrogen-bond donors (Lipinski definition) is 4. The summed E-state index contributed by atoms with van der Waals surface area (Å²) in [5, 5.41) is 25.4. The number of benzene rings is 2. The van der Waals surface area contributed by atoms with Gasteiger partial charge in [0.05, 0.1) is 12.5 Å². The van der Waals surface area contributed by atoms with Crippen LogP contribution >= 0.6 is 0 Å². The van der Waals surface area contributed by atoms with Gasteiger partial charge in [0.25, 0.3) is 5.91 Å². The normalized spacial score (nSPS) is 23.2. The van der Waals surface area contributed by atoms with Crippen molar-refractivity contribution in [2.24, 2.45) is 0 Å². The monoisotopic (exact) mass is 420 g/mol. The Morgan fingerprint density at radius 2 is 1.63 bits per heavy atom. The molecule has 4 N–H and O–H groups in total. The van der Waals surface area contributed by atoms with Crippen molar-refractivity contribution in [1.29, 1.82) is 0 Å². The largest absolute Gasteiger partial charge is 0.388 e. The number of halogens is 2. The zero-order chi connectivity index (χ0) is 21.7. The molecule has 1 heterocycles. The molecule has 0 radical (unpaired) electrons. The smallest absolute Gasteiger partial charge is 0.251 e. The van der Waals surface area contributed by atoms with E-state index < -0.39 is 42.0 Å². The molecule has 7 nitrogen and oxygen atoms in total. The second-order valence-corrected chi connectivity index (χ2v) is 7.02. The number of carbonyl (C=O) groups excluding carboxylic acids is 2. The fraction of sp³-hybridized carbons (Fsp3) is 0.333. The number of carbonyl (C=O) groups is 2. The van der Waals surface area contributed by atoms with E-state index in [9.17, 15) is 28.6 Å². The lowest BCUT2D eigenvalue weighted by atomic mass is 10.1. The average molecular weight is 420 g/mol. The Kier molecular flexibility index (Phi) is 7.09. The van der Waals surface area contributed by atoms with Crippen molar-refractivity contribution in [3.8, 4) is 0 Å². The average Bonchev–Trinajstić information content (AvgIpc) is 2.99. The van der Waals surface area contributed by atoms with E-state index in [1.165, 1.54) is 42.5 Å². The van der Waals surface area contributed by atoms with Crippen molar-refractivity contribution in [2.75, 3.05) is 6.54 Å². The highest BCUT2D eigenvalue weighted by Gasteiger charge is 2.43. The third-order valence-corrected chi connectivity index (χ3v) is 4.80. The number of rotatable bonds is 7. The second-order valence-electron chi connectivity index (χ2n) is 7.02. The fourth-order valence-electron chi connectivity index (χ4n) is 3.15. The van der Waals surface area contributed by atoms with E-state index in [2.05, 4.69) is 10.6 Å². The van der Waals surface area contributed by atoms with Crippen LogP contribution in [0.1, 0.15) is 22.3 Å². The molecule has 2 aromatic rings. The van der Waals surface area contributed by atoms with Crippen LogP contribution in [0.4, 0.5) is 8.78 Å². The fourth-order valence-corrected chi connectivity index (χ4v) is 3.15. The summed E-state index contributed by atoms with van der Waals surface area (Å²) in [5.41, 5.74) is 0.815. The molecule has 0 spiro atoms. The van der Waals surface area contributed by atoms with Gasteiger partial charge in [-0.2, -0.15) is 0 Å². The molecule has 1 aliphatic rings. The molecular formula is C21H22F2N2O5. The first-order chi connectivity index (χ1) is 14.3. The van der Waals surface area contributed by atoms with E-state index in [1.54, 1.807) is 0 Å². The van der Waals surface area contributed by atoms with Crippen molar-refractivity contribution < 1.29 is 33.3 Å². The molecule has 0 saturated carbocycles. The van der Waals surface area contributed by atoms with Crippen LogP contribution in [0.15, 0.2) is 48.5 Å². The Morgan fingerprint density at radius 3 is 2.33 bits per heavy atom. The van der Waals surface area contributed by atoms with Gasteiger partial charge in [0, 0.05) is 18.7 Å². The van der Waals surface area contributed by atoms with Gasteiger partial charge in [0.2, 0.25) is 5.91 Å². The lowest BCUT2D eigenvalue weighted by Gasteiger charge is -2.15. The Hall–Kier alpha value is -2.88. The Morgan fingerprint density at radius 1 is 0.933 bits per heavy atom. The van der Waals surface area contributed by atoms with E-state index in [0.29, 0.717) is 5.56 Å². The number of nitrogens with one attached hydrogen (secondary N) is 2. The first-order valence-electron chi connectivity index (χ1n) is 9.40. The predicted octanol–water partition coefficient (Wildman–Crippen LogP) is 0.890. The van der Waals surface area contributed by atoms with Gasteiger partial charge in [0.1, 0.15) is 29.9 Å². The van der Waals surface area contributed by atoms with Gasteiger partial charge in [-0.25, -0.2) is 8.78 Å². The van der Waals surface area contributed by atoms with Gasteiger partial charge >= 0.3 is 0 Å². The molecule has 3 rings (SSSR count). The summed E-state index contributed by atoms with van der Waals surface area (Å²) in [6.07, 6.45) is -4.68. The Labute approximate surface area is 171 Å². The van der Waals surface area contributed by atoms with Crippen molar-refractivity contribution in [2.45, 2.75) is 37.4 Å². The lowest BCUT2D eigenvalue weighted by Crippen LogP contribution is -2.40. The van der Waals surface area contributed by atoms with Crippen LogP contribution in [-0.4, -0.2) is 53.0 Å². The maximum atomic E-state index is 13.2. The number of amides is 2. The summed E-state index contributed by atoms with van der Waals surface area (Å²) in [4.78, 5) is 24.2. The van der Waals surface area contributed by atoms with Crippen molar-refractivity contribution in [3.63, 3.8) is 0 Å². The molecule has 2 amide bonds. The van der Waals surface area contributed by atoms with Crippen LogP contribution in [0, 0.1) is 11.6 Å². The first-order valence-corrected chi connectivity index (χ1v) is 9.40. The lowest BCUT2D eigenvalue weighted by molar-refractivity contribution is -0.125. The molecule has 1 aliphatic heterocycles. The minimum absolute atomic E-state index is 0.111. The molecule has 1 fully saturated rings. The summed E-state index contributed by atoms with van der Waals surface area (Å²) in [5.74, 6) is -1.90. The summed E-state index contributed by atoms with van der Waals surface area (Å²) in [6, 6.07) is 10.8. The summed E-state index contributed by atoms with van der Waals surface area (Å²) >= 11 is 0. The zero-order valence-electron chi connectivity index (χ0n) is 15.9. The van der Waals surface area contributed by atoms with Crippen LogP contribution < -0.4 is 10.6 Å². The molecule has 4 atom stereocenters. The molecule has 160 valence electrons. The first kappa shape index (κ1) is 21.8. The highest BCUT2D eigenvalue weighted by molar-refractivity contribution is 5.94. The van der Waals surface area contributed by atoms with Gasteiger partial charge in [0.15, 0.2) is 0 Å². The molecular weight excluding hydrogens is 398 g/mol. The number of aliphatic hydroxyl groups excluding tert-OH is 2. The van der Waals surface area contributed by atoms with E-state index >= 15 is 0 Å². The minimum Gasteiger partial charge on any atom is -0.388 e. The Bertz CT molecular complexity index is 893. The maximum Gasteiger partial charge on any atom is 0.251 e. The minimum atomic E-state index is -1.31. The maximum absolute atomic E-state index is 13.2. The standard InChI is InChI=1S/C21H22F2N2O5/c22-14-6-4-12(5-7-14)10-24-18(26)9-16-19(27)20(28)17(30-16)11-25-21(29)13-2-1-3-15(23)8-13/h1-8,16-17,19-20,27-28H,9-11H2,(H,24,26)(H,25,29)/t16-,17-,19-,20+/m0/s1. The van der Waals surface area contributed by atoms with Crippen LogP contribution in [0.25, 0.3) is 0 Å². The van der Waals surface area contributed by atoms with E-state index in [1.807, 2.05) is 0 Å². The van der Waals surface area contributed by atoms with Gasteiger partial charge in [-0.3, -0.25) is 9.59 Å². The number of aliphatic hydroxyl groups is 2.